The molecule has 122 valence electrons. The molecule has 1 aromatic rings. The van der Waals surface area contributed by atoms with Gasteiger partial charge >= 0.3 is 6.09 Å². The van der Waals surface area contributed by atoms with Crippen LogP contribution in [0.1, 0.15) is 18.3 Å². The van der Waals surface area contributed by atoms with Crippen molar-refractivity contribution >= 4 is 23.6 Å². The zero-order valence-electron chi connectivity index (χ0n) is 13.1. The summed E-state index contributed by atoms with van der Waals surface area (Å²) in [6.07, 6.45) is -0.320. The Balaban J connectivity index is 1.90. The van der Waals surface area contributed by atoms with Crippen LogP contribution in [0.4, 0.5) is 4.79 Å². The molecular weight excluding hydrogens is 308 g/mol. The predicted molar refractivity (Wildman–Crippen MR) is 81.9 cm³/mol. The Kier molecular flexibility index (Phi) is 5.28. The van der Waals surface area contributed by atoms with E-state index in [1.807, 2.05) is 13.8 Å². The molecule has 0 aromatic carbocycles. The molecule has 22 heavy (non-hydrogen) atoms. The van der Waals surface area contributed by atoms with Crippen LogP contribution in [0.5, 0.6) is 0 Å². The van der Waals surface area contributed by atoms with Crippen molar-refractivity contribution in [2.24, 2.45) is 0 Å². The van der Waals surface area contributed by atoms with Crippen LogP contribution < -0.4 is 0 Å². The van der Waals surface area contributed by atoms with E-state index in [0.29, 0.717) is 37.8 Å². The molecule has 7 nitrogen and oxygen atoms in total. The normalized spacial score (nSPS) is 15.1. The Bertz CT molecular complexity index is 565. The number of carbonyl (C=O) groups excluding carboxylic acids is 2. The van der Waals surface area contributed by atoms with Crippen LogP contribution in [0.2, 0.25) is 5.02 Å². The van der Waals surface area contributed by atoms with Crippen molar-refractivity contribution in [3.05, 3.63) is 16.4 Å². The third-order valence-corrected chi connectivity index (χ3v) is 4.28. The van der Waals surface area contributed by atoms with Gasteiger partial charge in [0.15, 0.2) is 0 Å². The maximum Gasteiger partial charge on any atom is 0.409 e. The quantitative estimate of drug-likeness (QED) is 0.842. The van der Waals surface area contributed by atoms with Crippen LogP contribution in [0.15, 0.2) is 0 Å². The van der Waals surface area contributed by atoms with E-state index in [2.05, 4.69) is 5.10 Å². The monoisotopic (exact) mass is 328 g/mol. The van der Waals surface area contributed by atoms with Gasteiger partial charge in [-0.2, -0.15) is 5.10 Å². The standard InChI is InChI=1S/C14H21ClN4O3/c1-4-22-14(21)18-7-5-17(6-8-18)12(20)9-19-11(3)13(15)10(2)16-19/h4-9H2,1-3H3. The van der Waals surface area contributed by atoms with Gasteiger partial charge in [0.2, 0.25) is 5.91 Å². The smallest absolute Gasteiger partial charge is 0.409 e. The number of hydrogen-bond acceptors (Lipinski definition) is 4. The summed E-state index contributed by atoms with van der Waals surface area (Å²) in [6.45, 7) is 7.94. The lowest BCUT2D eigenvalue weighted by Crippen LogP contribution is -2.51. The molecule has 1 aromatic heterocycles. The van der Waals surface area contributed by atoms with Gasteiger partial charge in [0.05, 0.1) is 23.0 Å². The Hall–Kier alpha value is -1.76. The average molecular weight is 329 g/mol. The van der Waals surface area contributed by atoms with Crippen molar-refractivity contribution in [3.63, 3.8) is 0 Å². The second-order valence-corrected chi connectivity index (χ2v) is 5.59. The molecule has 1 saturated heterocycles. The number of carbonyl (C=O) groups is 2. The van der Waals surface area contributed by atoms with Crippen LogP contribution in [0.25, 0.3) is 0 Å². The third-order valence-electron chi connectivity index (χ3n) is 3.74. The molecule has 2 heterocycles. The van der Waals surface area contributed by atoms with Crippen molar-refractivity contribution in [2.75, 3.05) is 32.8 Å². The van der Waals surface area contributed by atoms with E-state index in [1.54, 1.807) is 21.4 Å². The van der Waals surface area contributed by atoms with Crippen LogP contribution >= 0.6 is 11.6 Å². The summed E-state index contributed by atoms with van der Waals surface area (Å²) >= 11 is 6.08. The predicted octanol–water partition coefficient (Wildman–Crippen LogP) is 1.45. The molecule has 0 bridgehead atoms. The van der Waals surface area contributed by atoms with E-state index in [4.69, 9.17) is 16.3 Å². The lowest BCUT2D eigenvalue weighted by atomic mass is 10.3. The summed E-state index contributed by atoms with van der Waals surface area (Å²) < 4.78 is 6.58. The van der Waals surface area contributed by atoms with Crippen molar-refractivity contribution in [2.45, 2.75) is 27.3 Å². The average Bonchev–Trinajstić information content (AvgIpc) is 2.75. The molecule has 0 N–H and O–H groups in total. The van der Waals surface area contributed by atoms with Crippen LogP contribution in [-0.2, 0) is 16.1 Å². The van der Waals surface area contributed by atoms with E-state index >= 15 is 0 Å². The van der Waals surface area contributed by atoms with Gasteiger partial charge in [-0.25, -0.2) is 4.79 Å². The Morgan fingerprint density at radius 2 is 1.77 bits per heavy atom. The first-order chi connectivity index (χ1) is 10.4. The van der Waals surface area contributed by atoms with E-state index in [0.717, 1.165) is 11.4 Å². The fourth-order valence-corrected chi connectivity index (χ4v) is 2.55. The number of rotatable bonds is 3. The topological polar surface area (TPSA) is 67.7 Å². The van der Waals surface area contributed by atoms with E-state index in [-0.39, 0.29) is 18.5 Å². The molecule has 1 aliphatic rings. The molecule has 0 saturated carbocycles. The molecule has 2 rings (SSSR count). The number of amides is 2. The van der Waals surface area contributed by atoms with E-state index in [9.17, 15) is 9.59 Å². The number of halogens is 1. The van der Waals surface area contributed by atoms with Crippen molar-refractivity contribution in [1.82, 2.24) is 19.6 Å². The third kappa shape index (κ3) is 3.52. The van der Waals surface area contributed by atoms with Gasteiger partial charge in [-0.1, -0.05) is 11.6 Å². The largest absolute Gasteiger partial charge is 0.450 e. The highest BCUT2D eigenvalue weighted by Gasteiger charge is 2.25. The van der Waals surface area contributed by atoms with Crippen molar-refractivity contribution in [3.8, 4) is 0 Å². The summed E-state index contributed by atoms with van der Waals surface area (Å²) in [5, 5.41) is 4.86. The number of piperazine rings is 1. The molecule has 8 heteroatoms. The highest BCUT2D eigenvalue weighted by molar-refractivity contribution is 6.31. The lowest BCUT2D eigenvalue weighted by molar-refractivity contribution is -0.133. The van der Waals surface area contributed by atoms with E-state index < -0.39 is 0 Å². The van der Waals surface area contributed by atoms with Gasteiger partial charge in [0, 0.05) is 26.2 Å². The number of ether oxygens (including phenoxy) is 1. The first-order valence-corrected chi connectivity index (χ1v) is 7.70. The molecule has 0 atom stereocenters. The minimum Gasteiger partial charge on any atom is -0.450 e. The van der Waals surface area contributed by atoms with Crippen LogP contribution in [-0.4, -0.2) is 64.4 Å². The second kappa shape index (κ2) is 7.00. The van der Waals surface area contributed by atoms with Gasteiger partial charge < -0.3 is 14.5 Å². The Morgan fingerprint density at radius 1 is 1.18 bits per heavy atom. The van der Waals surface area contributed by atoms with Gasteiger partial charge in [-0.3, -0.25) is 9.48 Å². The zero-order valence-corrected chi connectivity index (χ0v) is 13.9. The summed E-state index contributed by atoms with van der Waals surface area (Å²) in [6, 6.07) is 0. The van der Waals surface area contributed by atoms with Crippen molar-refractivity contribution in [1.29, 1.82) is 0 Å². The van der Waals surface area contributed by atoms with Crippen LogP contribution in [0.3, 0.4) is 0 Å². The fourth-order valence-electron chi connectivity index (χ4n) is 2.41. The molecule has 1 fully saturated rings. The molecule has 0 radical (unpaired) electrons. The summed E-state index contributed by atoms with van der Waals surface area (Å²) in [5.41, 5.74) is 1.51. The summed E-state index contributed by atoms with van der Waals surface area (Å²) in [4.78, 5) is 27.3. The highest BCUT2D eigenvalue weighted by Crippen LogP contribution is 2.19. The highest BCUT2D eigenvalue weighted by atomic mass is 35.5. The minimum atomic E-state index is -0.320. The molecular formula is C14H21ClN4O3. The first kappa shape index (κ1) is 16.6. The van der Waals surface area contributed by atoms with Crippen LogP contribution in [0, 0.1) is 13.8 Å². The first-order valence-electron chi connectivity index (χ1n) is 7.33. The maximum absolute atomic E-state index is 12.3. The fraction of sp³-hybridized carbons (Fsp3) is 0.643. The maximum atomic E-state index is 12.3. The van der Waals surface area contributed by atoms with Gasteiger partial charge in [0.25, 0.3) is 0 Å². The Morgan fingerprint density at radius 3 is 2.27 bits per heavy atom. The van der Waals surface area contributed by atoms with Gasteiger partial charge in [-0.05, 0) is 20.8 Å². The minimum absolute atomic E-state index is 0.0224. The number of nitrogens with zero attached hydrogens (tertiary/aromatic N) is 4. The van der Waals surface area contributed by atoms with E-state index in [1.165, 1.54) is 0 Å². The zero-order chi connectivity index (χ0) is 16.3. The lowest BCUT2D eigenvalue weighted by Gasteiger charge is -2.34. The van der Waals surface area contributed by atoms with Crippen molar-refractivity contribution < 1.29 is 14.3 Å². The van der Waals surface area contributed by atoms with Gasteiger partial charge in [0.1, 0.15) is 6.54 Å². The SMILES string of the molecule is CCOC(=O)N1CCN(C(=O)Cn2nc(C)c(Cl)c2C)CC1. The molecule has 0 aliphatic carbocycles. The summed E-state index contributed by atoms with van der Waals surface area (Å²) in [7, 11) is 0. The molecule has 0 spiro atoms. The molecule has 0 unspecified atom stereocenters. The second-order valence-electron chi connectivity index (χ2n) is 5.21. The number of aromatic nitrogens is 2. The number of hydrogen-bond donors (Lipinski definition) is 0. The Labute approximate surface area is 134 Å². The van der Waals surface area contributed by atoms with Gasteiger partial charge in [-0.15, -0.1) is 0 Å². The molecule has 1 aliphatic heterocycles. The number of aryl methyl sites for hydroxylation is 1. The molecule has 2 amide bonds. The summed E-state index contributed by atoms with van der Waals surface area (Å²) in [5.74, 6) is -0.0224.